The lowest BCUT2D eigenvalue weighted by molar-refractivity contribution is -0.134. The number of benzene rings is 2. The lowest BCUT2D eigenvalue weighted by Crippen LogP contribution is -2.42. The second-order valence-electron chi connectivity index (χ2n) is 7.03. The fourth-order valence-corrected chi connectivity index (χ4v) is 3.85. The Labute approximate surface area is 154 Å². The molecule has 2 N–H and O–H groups in total. The molecule has 6 heteroatoms. The second-order valence-corrected chi connectivity index (χ2v) is 7.03. The Morgan fingerprint density at radius 3 is 2.37 bits per heavy atom. The summed E-state index contributed by atoms with van der Waals surface area (Å²) in [6.07, 6.45) is 0.684. The Kier molecular flexibility index (Phi) is 3.25. The van der Waals surface area contributed by atoms with Gasteiger partial charge >= 0.3 is 6.09 Å². The standard InChI is InChI=1S/C21H16N2O4/c24-18-16(21(15-7-8-15)19(25)23-20(26)27-21)9-10-17(22-18)14-6-5-12-3-1-2-4-13(12)11-14/h1-6,9-11,15H,7-8H2,(H,22,24)(H,23,25,26). The molecule has 1 aliphatic carbocycles. The fraction of sp³-hybridized carbons (Fsp3) is 0.190. The highest BCUT2D eigenvalue weighted by Crippen LogP contribution is 2.49. The maximum atomic E-state index is 12.8. The maximum absolute atomic E-state index is 12.8. The van der Waals surface area contributed by atoms with E-state index in [0.717, 1.165) is 29.2 Å². The zero-order valence-corrected chi connectivity index (χ0v) is 14.3. The monoisotopic (exact) mass is 360 g/mol. The molecule has 2 aliphatic rings. The van der Waals surface area contributed by atoms with E-state index in [0.29, 0.717) is 5.69 Å². The van der Waals surface area contributed by atoms with Crippen molar-refractivity contribution in [1.82, 2.24) is 10.3 Å². The topological polar surface area (TPSA) is 88.3 Å². The van der Waals surface area contributed by atoms with Gasteiger partial charge in [0.25, 0.3) is 11.5 Å². The Morgan fingerprint density at radius 2 is 1.70 bits per heavy atom. The Balaban J connectivity index is 1.60. The van der Waals surface area contributed by atoms with Crippen LogP contribution in [0, 0.1) is 5.92 Å². The number of carbonyl (C=O) groups is 2. The van der Waals surface area contributed by atoms with Crippen molar-refractivity contribution in [3.8, 4) is 11.3 Å². The molecule has 1 saturated carbocycles. The van der Waals surface area contributed by atoms with E-state index in [1.54, 1.807) is 12.1 Å². The van der Waals surface area contributed by atoms with Crippen LogP contribution in [-0.4, -0.2) is 17.0 Å². The first-order valence-corrected chi connectivity index (χ1v) is 8.85. The van der Waals surface area contributed by atoms with Gasteiger partial charge in [0.2, 0.25) is 5.60 Å². The van der Waals surface area contributed by atoms with Crippen molar-refractivity contribution in [2.24, 2.45) is 5.92 Å². The van der Waals surface area contributed by atoms with Crippen LogP contribution in [-0.2, 0) is 15.1 Å². The van der Waals surface area contributed by atoms with Crippen molar-refractivity contribution in [3.05, 3.63) is 70.5 Å². The molecule has 1 aliphatic heterocycles. The number of fused-ring (bicyclic) bond motifs is 1. The Hall–Kier alpha value is -3.41. The molecule has 2 fully saturated rings. The molecule has 2 amide bonds. The third kappa shape index (κ3) is 2.37. The first-order chi connectivity index (χ1) is 13.1. The number of nitrogens with one attached hydrogen (secondary N) is 2. The Morgan fingerprint density at radius 1 is 0.926 bits per heavy atom. The molecule has 1 unspecified atom stereocenters. The molecule has 5 rings (SSSR count). The lowest BCUT2D eigenvalue weighted by Gasteiger charge is -2.24. The molecule has 0 radical (unpaired) electrons. The van der Waals surface area contributed by atoms with Crippen LogP contribution in [0.5, 0.6) is 0 Å². The largest absolute Gasteiger partial charge is 0.427 e. The summed E-state index contributed by atoms with van der Waals surface area (Å²) in [5.41, 5.74) is -0.238. The molecular formula is C21H16N2O4. The van der Waals surface area contributed by atoms with Crippen LogP contribution in [0.4, 0.5) is 4.79 Å². The van der Waals surface area contributed by atoms with Gasteiger partial charge in [-0.2, -0.15) is 0 Å². The van der Waals surface area contributed by atoms with Crippen LogP contribution in [0.2, 0.25) is 0 Å². The molecular weight excluding hydrogens is 344 g/mol. The maximum Gasteiger partial charge on any atom is 0.415 e. The van der Waals surface area contributed by atoms with E-state index in [1.165, 1.54) is 0 Å². The van der Waals surface area contributed by atoms with Crippen LogP contribution < -0.4 is 10.9 Å². The molecule has 1 saturated heterocycles. The minimum atomic E-state index is -1.51. The van der Waals surface area contributed by atoms with E-state index < -0.39 is 23.2 Å². The van der Waals surface area contributed by atoms with Gasteiger partial charge in [-0.25, -0.2) is 4.79 Å². The summed E-state index contributed by atoms with van der Waals surface area (Å²) in [7, 11) is 0. The second kappa shape index (κ2) is 5.54. The van der Waals surface area contributed by atoms with Crippen molar-refractivity contribution in [3.63, 3.8) is 0 Å². The number of aromatic amines is 1. The predicted octanol–water partition coefficient (Wildman–Crippen LogP) is 3.07. The number of hydrogen-bond donors (Lipinski definition) is 2. The molecule has 134 valence electrons. The lowest BCUT2D eigenvalue weighted by atomic mass is 9.88. The number of alkyl carbamates (subject to hydrolysis) is 1. The molecule has 1 atom stereocenters. The van der Waals surface area contributed by atoms with E-state index in [-0.39, 0.29) is 11.5 Å². The average molecular weight is 360 g/mol. The van der Waals surface area contributed by atoms with Gasteiger partial charge in [-0.05, 0) is 47.4 Å². The first kappa shape index (κ1) is 15.8. The van der Waals surface area contributed by atoms with E-state index in [9.17, 15) is 14.4 Å². The van der Waals surface area contributed by atoms with Gasteiger partial charge in [-0.3, -0.25) is 14.9 Å². The highest BCUT2D eigenvalue weighted by Gasteiger charge is 2.60. The quantitative estimate of drug-likeness (QED) is 0.751. The number of hydrogen-bond acceptors (Lipinski definition) is 4. The van der Waals surface area contributed by atoms with Crippen LogP contribution >= 0.6 is 0 Å². The van der Waals surface area contributed by atoms with E-state index >= 15 is 0 Å². The van der Waals surface area contributed by atoms with Crippen molar-refractivity contribution in [1.29, 1.82) is 0 Å². The Bertz CT molecular complexity index is 1160. The molecule has 2 aromatic carbocycles. The van der Waals surface area contributed by atoms with Crippen molar-refractivity contribution < 1.29 is 14.3 Å². The third-order valence-electron chi connectivity index (χ3n) is 5.33. The number of aromatic nitrogens is 1. The normalized spacial score (nSPS) is 21.9. The van der Waals surface area contributed by atoms with Crippen LogP contribution in [0.25, 0.3) is 22.0 Å². The zero-order valence-electron chi connectivity index (χ0n) is 14.3. The number of carbonyl (C=O) groups excluding carboxylic acids is 2. The van der Waals surface area contributed by atoms with E-state index in [2.05, 4.69) is 10.3 Å². The summed E-state index contributed by atoms with van der Waals surface area (Å²) in [5.74, 6) is -0.712. The van der Waals surface area contributed by atoms with E-state index in [4.69, 9.17) is 4.74 Å². The fourth-order valence-electron chi connectivity index (χ4n) is 3.85. The molecule has 6 nitrogen and oxygen atoms in total. The summed E-state index contributed by atoms with van der Waals surface area (Å²) in [6.45, 7) is 0. The van der Waals surface area contributed by atoms with Crippen molar-refractivity contribution in [2.75, 3.05) is 0 Å². The number of rotatable bonds is 3. The number of ether oxygens (including phenoxy) is 1. The van der Waals surface area contributed by atoms with Gasteiger partial charge < -0.3 is 9.72 Å². The van der Waals surface area contributed by atoms with Gasteiger partial charge in [0.15, 0.2) is 0 Å². The molecule has 0 bridgehead atoms. The highest BCUT2D eigenvalue weighted by molar-refractivity contribution is 6.03. The van der Waals surface area contributed by atoms with Gasteiger partial charge in [-0.1, -0.05) is 36.4 Å². The highest BCUT2D eigenvalue weighted by atomic mass is 16.6. The number of H-pyrrole nitrogens is 1. The summed E-state index contributed by atoms with van der Waals surface area (Å²) >= 11 is 0. The first-order valence-electron chi connectivity index (χ1n) is 8.85. The zero-order chi connectivity index (χ0) is 18.6. The van der Waals surface area contributed by atoms with Crippen molar-refractivity contribution >= 4 is 22.8 Å². The smallest absolute Gasteiger partial charge is 0.415 e. The van der Waals surface area contributed by atoms with Crippen molar-refractivity contribution in [2.45, 2.75) is 18.4 Å². The third-order valence-corrected chi connectivity index (χ3v) is 5.33. The summed E-state index contributed by atoms with van der Waals surface area (Å²) in [6, 6.07) is 17.3. The number of cyclic esters (lactones) is 1. The molecule has 27 heavy (non-hydrogen) atoms. The number of amides is 2. The van der Waals surface area contributed by atoms with Gasteiger partial charge in [-0.15, -0.1) is 0 Å². The van der Waals surface area contributed by atoms with Gasteiger partial charge in [0, 0.05) is 11.6 Å². The molecule has 0 spiro atoms. The number of pyridine rings is 1. The number of imide groups is 1. The molecule has 3 aromatic rings. The van der Waals surface area contributed by atoms with Crippen LogP contribution in [0.15, 0.2) is 59.4 Å². The minimum absolute atomic E-state index is 0.156. The van der Waals surface area contributed by atoms with Crippen LogP contribution in [0.1, 0.15) is 18.4 Å². The van der Waals surface area contributed by atoms with Gasteiger partial charge in [0.05, 0.1) is 5.56 Å². The average Bonchev–Trinajstić information content (AvgIpc) is 3.47. The van der Waals surface area contributed by atoms with Crippen LogP contribution in [0.3, 0.4) is 0 Å². The van der Waals surface area contributed by atoms with Gasteiger partial charge in [0.1, 0.15) is 0 Å². The predicted molar refractivity (Wildman–Crippen MR) is 99.0 cm³/mol. The summed E-state index contributed by atoms with van der Waals surface area (Å²) < 4.78 is 5.34. The van der Waals surface area contributed by atoms with E-state index in [1.807, 2.05) is 42.5 Å². The molecule has 2 heterocycles. The minimum Gasteiger partial charge on any atom is -0.427 e. The SMILES string of the molecule is O=C1NC(=O)C(c2ccc(-c3ccc4ccccc4c3)[nH]c2=O)(C2CC2)O1. The summed E-state index contributed by atoms with van der Waals surface area (Å²) in [4.78, 5) is 39.7. The summed E-state index contributed by atoms with van der Waals surface area (Å²) in [5, 5.41) is 4.35. The molecule has 1 aromatic heterocycles.